The van der Waals surface area contributed by atoms with E-state index in [1.54, 1.807) is 7.11 Å². The van der Waals surface area contributed by atoms with E-state index < -0.39 is 0 Å². The van der Waals surface area contributed by atoms with Gasteiger partial charge in [0.1, 0.15) is 18.1 Å². The molecule has 0 amide bonds. The Bertz CT molecular complexity index is 1150. The minimum atomic E-state index is 0.407. The highest BCUT2D eigenvalue weighted by atomic mass is 32.1. The van der Waals surface area contributed by atoms with Crippen molar-refractivity contribution in [1.29, 1.82) is 0 Å². The number of methoxy groups -OCH3 is 1. The van der Waals surface area contributed by atoms with Gasteiger partial charge in [0.15, 0.2) is 5.11 Å². The highest BCUT2D eigenvalue weighted by Crippen LogP contribution is 2.33. The van der Waals surface area contributed by atoms with Crippen molar-refractivity contribution in [2.45, 2.75) is 19.4 Å². The molecule has 1 atom stereocenters. The third-order valence-electron chi connectivity index (χ3n) is 5.95. The molecule has 3 aromatic carbocycles. The fourth-order valence-corrected chi connectivity index (χ4v) is 4.46. The Hall–Kier alpha value is -3.38. The number of hydrogen-bond donors (Lipinski definition) is 1. The Morgan fingerprint density at radius 3 is 2.62 bits per heavy atom. The van der Waals surface area contributed by atoms with Gasteiger partial charge in [-0.25, -0.2) is 5.01 Å². The number of ether oxygens (including phenoxy) is 2. The van der Waals surface area contributed by atoms with Gasteiger partial charge in [-0.15, -0.1) is 0 Å². The maximum Gasteiger partial charge on any atom is 0.194 e. The lowest BCUT2D eigenvalue weighted by Gasteiger charge is -2.22. The quantitative estimate of drug-likeness (QED) is 0.546. The fraction of sp³-hybridized carbons (Fsp3) is 0.231. The zero-order chi connectivity index (χ0) is 21.9. The molecule has 0 fully saturated rings. The summed E-state index contributed by atoms with van der Waals surface area (Å²) in [5.41, 5.74) is 5.70. The minimum Gasteiger partial charge on any atom is -0.497 e. The number of thiocarbonyl (C=S) groups is 1. The molecular formula is C26H25N3O2S. The van der Waals surface area contributed by atoms with Crippen molar-refractivity contribution in [2.24, 2.45) is 11.0 Å². The Balaban J connectivity index is 1.22. The second-order valence-corrected chi connectivity index (χ2v) is 8.44. The number of hydrazone groups is 1. The van der Waals surface area contributed by atoms with Crippen LogP contribution in [0.1, 0.15) is 23.1 Å². The molecule has 0 aromatic heterocycles. The zero-order valence-electron chi connectivity index (χ0n) is 18.0. The summed E-state index contributed by atoms with van der Waals surface area (Å²) in [6.07, 6.45) is 2.11. The van der Waals surface area contributed by atoms with Crippen LogP contribution in [-0.4, -0.2) is 29.5 Å². The Morgan fingerprint density at radius 2 is 1.84 bits per heavy atom. The van der Waals surface area contributed by atoms with Crippen LogP contribution < -0.4 is 14.8 Å². The monoisotopic (exact) mass is 443 g/mol. The van der Waals surface area contributed by atoms with Gasteiger partial charge < -0.3 is 14.8 Å². The van der Waals surface area contributed by atoms with Crippen molar-refractivity contribution in [2.75, 3.05) is 19.0 Å². The zero-order valence-corrected chi connectivity index (χ0v) is 18.8. The lowest BCUT2D eigenvalue weighted by Crippen LogP contribution is -2.31. The molecule has 0 radical (unpaired) electrons. The third kappa shape index (κ3) is 4.32. The predicted molar refractivity (Wildman–Crippen MR) is 131 cm³/mol. The Labute approximate surface area is 193 Å². The van der Waals surface area contributed by atoms with Gasteiger partial charge in [-0.2, -0.15) is 5.10 Å². The average Bonchev–Trinajstić information content (AvgIpc) is 3.29. The van der Waals surface area contributed by atoms with Crippen molar-refractivity contribution < 1.29 is 9.47 Å². The Kier molecular flexibility index (Phi) is 5.77. The third-order valence-corrected chi connectivity index (χ3v) is 6.26. The van der Waals surface area contributed by atoms with Crippen LogP contribution >= 0.6 is 12.2 Å². The molecule has 0 saturated carbocycles. The number of benzene rings is 3. The van der Waals surface area contributed by atoms with Gasteiger partial charge in [0.05, 0.1) is 19.4 Å². The van der Waals surface area contributed by atoms with Crippen LogP contribution in [0.4, 0.5) is 5.69 Å². The molecule has 0 unspecified atom stereocenters. The molecular weight excluding hydrogens is 418 g/mol. The van der Waals surface area contributed by atoms with Crippen molar-refractivity contribution in [1.82, 2.24) is 5.01 Å². The van der Waals surface area contributed by atoms with Crippen molar-refractivity contribution in [3.05, 3.63) is 89.5 Å². The molecule has 1 N–H and O–H groups in total. The highest BCUT2D eigenvalue weighted by molar-refractivity contribution is 7.80. The topological polar surface area (TPSA) is 46.1 Å². The summed E-state index contributed by atoms with van der Waals surface area (Å²) in [5, 5.41) is 10.7. The predicted octanol–water partition coefficient (Wildman–Crippen LogP) is 5.25. The van der Waals surface area contributed by atoms with E-state index >= 15 is 0 Å². The first kappa shape index (κ1) is 20.5. The molecule has 5 rings (SSSR count). The number of nitrogens with one attached hydrogen (secondary N) is 1. The SMILES string of the molecule is COc1ccc2c(c1)CC[C@@H]1CN(C(=S)Nc3ccc(OCc4ccccc4)cc3)N=C21. The van der Waals surface area contributed by atoms with Crippen LogP contribution in [-0.2, 0) is 13.0 Å². The van der Waals surface area contributed by atoms with Gasteiger partial charge >= 0.3 is 0 Å². The van der Waals surface area contributed by atoms with E-state index in [-0.39, 0.29) is 0 Å². The molecule has 162 valence electrons. The molecule has 1 aliphatic heterocycles. The molecule has 0 saturated heterocycles. The molecule has 0 spiro atoms. The lowest BCUT2D eigenvalue weighted by atomic mass is 9.82. The normalized spacial score (nSPS) is 16.6. The number of rotatable bonds is 5. The van der Waals surface area contributed by atoms with Gasteiger partial charge in [-0.3, -0.25) is 0 Å². The van der Waals surface area contributed by atoms with Crippen molar-refractivity contribution in [3.8, 4) is 11.5 Å². The molecule has 2 aliphatic rings. The highest BCUT2D eigenvalue weighted by Gasteiger charge is 2.33. The van der Waals surface area contributed by atoms with E-state index in [4.69, 9.17) is 26.8 Å². The van der Waals surface area contributed by atoms with Crippen molar-refractivity contribution in [3.63, 3.8) is 0 Å². The van der Waals surface area contributed by atoms with Gasteiger partial charge in [-0.05, 0) is 78.7 Å². The van der Waals surface area contributed by atoms with Gasteiger partial charge in [0.25, 0.3) is 0 Å². The first-order valence-corrected chi connectivity index (χ1v) is 11.2. The molecule has 5 nitrogen and oxygen atoms in total. The van der Waals surface area contributed by atoms with E-state index in [0.29, 0.717) is 17.6 Å². The summed E-state index contributed by atoms with van der Waals surface area (Å²) >= 11 is 5.66. The maximum atomic E-state index is 5.86. The van der Waals surface area contributed by atoms with E-state index in [1.165, 1.54) is 11.1 Å². The van der Waals surface area contributed by atoms with E-state index in [9.17, 15) is 0 Å². The smallest absolute Gasteiger partial charge is 0.194 e. The van der Waals surface area contributed by atoms with E-state index in [1.807, 2.05) is 53.5 Å². The summed E-state index contributed by atoms with van der Waals surface area (Å²) in [5.74, 6) is 2.13. The van der Waals surface area contributed by atoms with Crippen LogP contribution in [0.3, 0.4) is 0 Å². The summed E-state index contributed by atoms with van der Waals surface area (Å²) in [7, 11) is 1.70. The van der Waals surface area contributed by atoms with Crippen LogP contribution in [0.2, 0.25) is 0 Å². The number of nitrogens with zero attached hydrogens (tertiary/aromatic N) is 2. The number of anilines is 1. The average molecular weight is 444 g/mol. The van der Waals surface area contributed by atoms with E-state index in [2.05, 4.69) is 29.6 Å². The molecule has 1 heterocycles. The number of hydrogen-bond acceptors (Lipinski definition) is 4. The van der Waals surface area contributed by atoms with Crippen LogP contribution in [0.25, 0.3) is 0 Å². The largest absolute Gasteiger partial charge is 0.497 e. The van der Waals surface area contributed by atoms with E-state index in [0.717, 1.165) is 47.8 Å². The van der Waals surface area contributed by atoms with Crippen LogP contribution in [0, 0.1) is 5.92 Å². The van der Waals surface area contributed by atoms with Gasteiger partial charge in [0.2, 0.25) is 0 Å². The van der Waals surface area contributed by atoms with Gasteiger partial charge in [-0.1, -0.05) is 30.3 Å². The molecule has 6 heteroatoms. The standard InChI is InChI=1S/C26H25N3O2S/c1-30-23-13-14-24-19(15-23)7-8-20-16-29(28-25(20)24)26(32)27-21-9-11-22(12-10-21)31-17-18-5-3-2-4-6-18/h2-6,9-15,20H,7-8,16-17H2,1H3,(H,27,32)/t20-/m1/s1. The first-order chi connectivity index (χ1) is 15.7. The lowest BCUT2D eigenvalue weighted by molar-refractivity contribution is 0.306. The van der Waals surface area contributed by atoms with Crippen LogP contribution in [0.15, 0.2) is 77.9 Å². The fourth-order valence-electron chi connectivity index (χ4n) is 4.22. The molecule has 3 aromatic rings. The van der Waals surface area contributed by atoms with Gasteiger partial charge in [0, 0.05) is 17.2 Å². The Morgan fingerprint density at radius 1 is 1.06 bits per heavy atom. The number of aryl methyl sites for hydroxylation is 1. The second kappa shape index (κ2) is 9.01. The molecule has 1 aliphatic carbocycles. The number of fused-ring (bicyclic) bond motifs is 3. The first-order valence-electron chi connectivity index (χ1n) is 10.8. The summed E-state index contributed by atoms with van der Waals surface area (Å²) in [6, 6.07) is 24.2. The summed E-state index contributed by atoms with van der Waals surface area (Å²) in [6.45, 7) is 1.36. The molecule has 0 bridgehead atoms. The summed E-state index contributed by atoms with van der Waals surface area (Å²) in [4.78, 5) is 0. The molecule has 32 heavy (non-hydrogen) atoms. The van der Waals surface area contributed by atoms with Crippen molar-refractivity contribution >= 4 is 28.7 Å². The summed E-state index contributed by atoms with van der Waals surface area (Å²) < 4.78 is 11.2. The minimum absolute atomic E-state index is 0.407. The maximum absolute atomic E-state index is 5.86. The second-order valence-electron chi connectivity index (χ2n) is 8.05. The van der Waals surface area contributed by atoms with Crippen LogP contribution in [0.5, 0.6) is 11.5 Å².